The Morgan fingerprint density at radius 3 is 2.11 bits per heavy atom. The van der Waals surface area contributed by atoms with Crippen molar-refractivity contribution >= 4 is 5.97 Å². The molecule has 2 aromatic carbocycles. The lowest BCUT2D eigenvalue weighted by atomic mass is 10.0. The number of quaternary nitrogens is 1. The summed E-state index contributed by atoms with van der Waals surface area (Å²) in [5.41, 5.74) is 2.56. The molecular formula is C31H48NO3+. The van der Waals surface area contributed by atoms with E-state index in [-0.39, 0.29) is 5.97 Å². The van der Waals surface area contributed by atoms with Crippen LogP contribution in [0.2, 0.25) is 0 Å². The van der Waals surface area contributed by atoms with E-state index >= 15 is 0 Å². The molecule has 0 aromatic heterocycles. The van der Waals surface area contributed by atoms with Crippen LogP contribution < -0.4 is 4.74 Å². The Labute approximate surface area is 214 Å². The highest BCUT2D eigenvalue weighted by Crippen LogP contribution is 2.17. The zero-order valence-corrected chi connectivity index (χ0v) is 22.5. The van der Waals surface area contributed by atoms with Gasteiger partial charge in [-0.15, -0.1) is 0 Å². The third-order valence-electron chi connectivity index (χ3n) is 6.30. The maximum Gasteiger partial charge on any atom is 0.361 e. The topological polar surface area (TPSA) is 35.5 Å². The molecule has 35 heavy (non-hydrogen) atoms. The van der Waals surface area contributed by atoms with E-state index in [1.54, 1.807) is 0 Å². The Morgan fingerprint density at radius 2 is 1.40 bits per heavy atom. The van der Waals surface area contributed by atoms with E-state index in [9.17, 15) is 4.79 Å². The van der Waals surface area contributed by atoms with Gasteiger partial charge in [-0.1, -0.05) is 101 Å². The maximum absolute atomic E-state index is 12.3. The Hall–Kier alpha value is -2.33. The largest absolute Gasteiger partial charge is 0.493 e. The number of benzene rings is 2. The first-order valence-corrected chi connectivity index (χ1v) is 13.7. The molecule has 0 N–H and O–H groups in total. The molecule has 194 valence electrons. The molecule has 0 aliphatic heterocycles. The molecule has 0 bridgehead atoms. The minimum absolute atomic E-state index is 0.158. The van der Waals surface area contributed by atoms with Gasteiger partial charge >= 0.3 is 5.97 Å². The second-order valence-corrected chi connectivity index (χ2v) is 10.4. The SMILES string of the molecule is CCCCCCCCCCCc1cccc(OCCCOC(=O)C[N+](C)(C)Cc2ccccc2)c1. The number of esters is 1. The summed E-state index contributed by atoms with van der Waals surface area (Å²) in [5, 5.41) is 0. The first-order valence-electron chi connectivity index (χ1n) is 13.7. The second-order valence-electron chi connectivity index (χ2n) is 10.4. The summed E-state index contributed by atoms with van der Waals surface area (Å²) in [6, 6.07) is 18.7. The normalized spacial score (nSPS) is 11.4. The second kappa shape index (κ2) is 17.2. The first kappa shape index (κ1) is 28.9. The van der Waals surface area contributed by atoms with E-state index in [0.29, 0.717) is 30.7 Å². The number of ether oxygens (including phenoxy) is 2. The van der Waals surface area contributed by atoms with Gasteiger partial charge in [-0.2, -0.15) is 0 Å². The average Bonchev–Trinajstić information content (AvgIpc) is 2.83. The van der Waals surface area contributed by atoms with E-state index in [4.69, 9.17) is 9.47 Å². The molecule has 2 aromatic rings. The van der Waals surface area contributed by atoms with Crippen molar-refractivity contribution in [3.63, 3.8) is 0 Å². The standard InChI is InChI=1S/C31H48NO3/c1-4-5-6-7-8-9-10-11-13-18-28-21-16-22-30(25-28)34-23-17-24-35-31(33)27-32(2,3)26-29-19-14-12-15-20-29/h12,14-16,19-22,25H,4-11,13,17-18,23-24,26-27H2,1-3H3/q+1. The van der Waals surface area contributed by atoms with E-state index < -0.39 is 0 Å². The third kappa shape index (κ3) is 14.0. The van der Waals surface area contributed by atoms with Gasteiger partial charge in [0.05, 0.1) is 27.3 Å². The molecular weight excluding hydrogens is 434 g/mol. The number of rotatable bonds is 19. The molecule has 0 aliphatic rings. The molecule has 2 rings (SSSR count). The lowest BCUT2D eigenvalue weighted by molar-refractivity contribution is -0.896. The molecule has 4 heteroatoms. The number of carbonyl (C=O) groups excluding carboxylic acids is 1. The van der Waals surface area contributed by atoms with Crippen molar-refractivity contribution in [2.24, 2.45) is 0 Å². The number of hydrogen-bond acceptors (Lipinski definition) is 3. The van der Waals surface area contributed by atoms with Gasteiger partial charge in [0.2, 0.25) is 0 Å². The summed E-state index contributed by atoms with van der Waals surface area (Å²) in [4.78, 5) is 12.3. The van der Waals surface area contributed by atoms with Crippen molar-refractivity contribution in [2.75, 3.05) is 33.9 Å². The van der Waals surface area contributed by atoms with E-state index in [1.165, 1.54) is 68.9 Å². The fourth-order valence-electron chi connectivity index (χ4n) is 4.39. The molecule has 0 spiro atoms. The van der Waals surface area contributed by atoms with Gasteiger partial charge in [0.15, 0.2) is 6.54 Å². The van der Waals surface area contributed by atoms with Crippen LogP contribution >= 0.6 is 0 Å². The number of carbonyl (C=O) groups is 1. The monoisotopic (exact) mass is 482 g/mol. The smallest absolute Gasteiger partial charge is 0.361 e. The van der Waals surface area contributed by atoms with Crippen LogP contribution in [0.5, 0.6) is 5.75 Å². The summed E-state index contributed by atoms with van der Waals surface area (Å²) < 4.78 is 11.9. The van der Waals surface area contributed by atoms with Gasteiger partial charge in [0.25, 0.3) is 0 Å². The summed E-state index contributed by atoms with van der Waals surface area (Å²) in [7, 11) is 4.11. The van der Waals surface area contributed by atoms with Crippen LogP contribution in [0, 0.1) is 0 Å². The zero-order valence-electron chi connectivity index (χ0n) is 22.5. The van der Waals surface area contributed by atoms with E-state index in [1.807, 2.05) is 24.3 Å². The molecule has 4 nitrogen and oxygen atoms in total. The number of aryl methyl sites for hydroxylation is 1. The number of unbranched alkanes of at least 4 members (excludes halogenated alkanes) is 8. The Kier molecular flexibility index (Phi) is 14.2. The molecule has 0 unspecified atom stereocenters. The summed E-state index contributed by atoms with van der Waals surface area (Å²) in [5.74, 6) is 0.749. The van der Waals surface area contributed by atoms with Crippen LogP contribution in [-0.4, -0.2) is 44.3 Å². The quantitative estimate of drug-likeness (QED) is 0.119. The Balaban J connectivity index is 1.54. The average molecular weight is 483 g/mol. The van der Waals surface area contributed by atoms with Crippen molar-refractivity contribution in [1.82, 2.24) is 0 Å². The van der Waals surface area contributed by atoms with Crippen LogP contribution in [0.4, 0.5) is 0 Å². The molecule has 0 atom stereocenters. The minimum atomic E-state index is -0.158. The van der Waals surface area contributed by atoms with Crippen LogP contribution in [0.1, 0.15) is 82.3 Å². The number of likely N-dealkylation sites (N-methyl/N-ethyl adjacent to an activating group) is 1. The molecule has 0 aliphatic carbocycles. The zero-order chi connectivity index (χ0) is 25.2. The lowest BCUT2D eigenvalue weighted by Gasteiger charge is -2.28. The van der Waals surface area contributed by atoms with E-state index in [2.05, 4.69) is 51.4 Å². The molecule has 0 amide bonds. The van der Waals surface area contributed by atoms with Crippen molar-refractivity contribution in [3.05, 3.63) is 65.7 Å². The predicted molar refractivity (Wildman–Crippen MR) is 146 cm³/mol. The van der Waals surface area contributed by atoms with Crippen molar-refractivity contribution < 1.29 is 18.8 Å². The van der Waals surface area contributed by atoms with Gasteiger partial charge < -0.3 is 14.0 Å². The fraction of sp³-hybridized carbons (Fsp3) is 0.581. The molecule has 0 saturated heterocycles. The van der Waals surface area contributed by atoms with Crippen molar-refractivity contribution in [3.8, 4) is 5.75 Å². The number of nitrogens with zero attached hydrogens (tertiary/aromatic N) is 1. The Bertz CT molecular complexity index is 819. The van der Waals surface area contributed by atoms with E-state index in [0.717, 1.165) is 18.7 Å². The highest BCUT2D eigenvalue weighted by molar-refractivity contribution is 5.70. The highest BCUT2D eigenvalue weighted by Gasteiger charge is 2.21. The fourth-order valence-corrected chi connectivity index (χ4v) is 4.39. The van der Waals surface area contributed by atoms with Crippen LogP contribution in [-0.2, 0) is 22.5 Å². The van der Waals surface area contributed by atoms with Crippen LogP contribution in [0.15, 0.2) is 54.6 Å². The first-order chi connectivity index (χ1) is 17.0. The minimum Gasteiger partial charge on any atom is -0.493 e. The molecule has 0 radical (unpaired) electrons. The van der Waals surface area contributed by atoms with Crippen LogP contribution in [0.3, 0.4) is 0 Å². The predicted octanol–water partition coefficient (Wildman–Crippen LogP) is 7.35. The molecule has 0 heterocycles. The summed E-state index contributed by atoms with van der Waals surface area (Å²) in [6.45, 7) is 4.37. The van der Waals surface area contributed by atoms with Crippen molar-refractivity contribution in [2.45, 2.75) is 84.1 Å². The van der Waals surface area contributed by atoms with Crippen LogP contribution in [0.25, 0.3) is 0 Å². The highest BCUT2D eigenvalue weighted by atomic mass is 16.5. The summed E-state index contributed by atoms with van der Waals surface area (Å²) in [6.07, 6.45) is 14.0. The van der Waals surface area contributed by atoms with Gasteiger partial charge in [-0.3, -0.25) is 0 Å². The van der Waals surface area contributed by atoms with Crippen molar-refractivity contribution in [1.29, 1.82) is 0 Å². The summed E-state index contributed by atoms with van der Waals surface area (Å²) >= 11 is 0. The number of hydrogen-bond donors (Lipinski definition) is 0. The Morgan fingerprint density at radius 1 is 0.743 bits per heavy atom. The third-order valence-corrected chi connectivity index (χ3v) is 6.30. The lowest BCUT2D eigenvalue weighted by Crippen LogP contribution is -2.43. The van der Waals surface area contributed by atoms with Gasteiger partial charge in [0, 0.05) is 12.0 Å². The van der Waals surface area contributed by atoms with Gasteiger partial charge in [-0.05, 0) is 30.5 Å². The molecule has 0 fully saturated rings. The maximum atomic E-state index is 12.3. The van der Waals surface area contributed by atoms with Gasteiger partial charge in [0.1, 0.15) is 12.3 Å². The molecule has 0 saturated carbocycles. The van der Waals surface area contributed by atoms with Gasteiger partial charge in [-0.25, -0.2) is 4.79 Å².